The fraction of sp³-hybridized carbons (Fsp3) is 0.500. The van der Waals surface area contributed by atoms with Gasteiger partial charge in [-0.15, -0.1) is 0 Å². The minimum absolute atomic E-state index is 0.176. The summed E-state index contributed by atoms with van der Waals surface area (Å²) in [6.45, 7) is 2.16. The maximum atomic E-state index is 5.80. The Morgan fingerprint density at radius 2 is 2.43 bits per heavy atom. The van der Waals surface area contributed by atoms with E-state index < -0.39 is 0 Å². The molecule has 0 aliphatic rings. The van der Waals surface area contributed by atoms with Crippen LogP contribution in [0.25, 0.3) is 0 Å². The lowest BCUT2D eigenvalue weighted by Crippen LogP contribution is -2.27. The summed E-state index contributed by atoms with van der Waals surface area (Å²) in [5.74, 6) is 5.48. The van der Waals surface area contributed by atoms with Gasteiger partial charge in [0.1, 0.15) is 5.15 Å². The molecule has 1 aromatic heterocycles. The predicted octanol–water partition coefficient (Wildman–Crippen LogP) is 2.43. The number of hydrogen-bond donors (Lipinski definition) is 2. The number of halogens is 1. The topological polar surface area (TPSA) is 50.9 Å². The molecular weight excluding hydrogens is 198 g/mol. The second-order valence-corrected chi connectivity index (χ2v) is 3.66. The summed E-state index contributed by atoms with van der Waals surface area (Å²) in [7, 11) is 0. The first kappa shape index (κ1) is 11.4. The van der Waals surface area contributed by atoms with Gasteiger partial charge in [-0.2, -0.15) is 0 Å². The molecule has 0 saturated carbocycles. The Hall–Kier alpha value is -0.640. The second kappa shape index (κ2) is 5.96. The van der Waals surface area contributed by atoms with Gasteiger partial charge in [0.25, 0.3) is 0 Å². The van der Waals surface area contributed by atoms with Crippen LogP contribution in [-0.4, -0.2) is 4.98 Å². The van der Waals surface area contributed by atoms with Crippen LogP contribution in [0, 0.1) is 0 Å². The SMILES string of the molecule is CCCCC(NN)c1ccnc(Cl)c1. The summed E-state index contributed by atoms with van der Waals surface area (Å²) in [6.07, 6.45) is 5.03. The number of rotatable bonds is 5. The minimum Gasteiger partial charge on any atom is -0.271 e. The average Bonchev–Trinajstić information content (AvgIpc) is 2.19. The third kappa shape index (κ3) is 3.25. The normalized spacial score (nSPS) is 12.8. The predicted molar refractivity (Wildman–Crippen MR) is 58.8 cm³/mol. The molecule has 1 atom stereocenters. The Morgan fingerprint density at radius 1 is 1.64 bits per heavy atom. The molecule has 1 rings (SSSR count). The number of nitrogens with one attached hydrogen (secondary N) is 1. The van der Waals surface area contributed by atoms with Gasteiger partial charge in [0, 0.05) is 12.2 Å². The molecule has 0 spiro atoms. The van der Waals surface area contributed by atoms with Crippen LogP contribution in [0.3, 0.4) is 0 Å². The molecule has 0 amide bonds. The fourth-order valence-electron chi connectivity index (χ4n) is 1.39. The van der Waals surface area contributed by atoms with Crippen molar-refractivity contribution in [3.05, 3.63) is 29.0 Å². The van der Waals surface area contributed by atoms with Crippen LogP contribution in [0.1, 0.15) is 37.8 Å². The van der Waals surface area contributed by atoms with Crippen molar-refractivity contribution >= 4 is 11.6 Å². The zero-order valence-corrected chi connectivity index (χ0v) is 9.09. The summed E-state index contributed by atoms with van der Waals surface area (Å²) in [5.41, 5.74) is 3.89. The molecule has 0 fully saturated rings. The van der Waals surface area contributed by atoms with Crippen molar-refractivity contribution in [1.29, 1.82) is 0 Å². The van der Waals surface area contributed by atoms with E-state index in [2.05, 4.69) is 17.3 Å². The van der Waals surface area contributed by atoms with Gasteiger partial charge in [0.05, 0.1) is 0 Å². The Kier molecular flexibility index (Phi) is 4.87. The first-order chi connectivity index (χ1) is 6.77. The summed E-state index contributed by atoms with van der Waals surface area (Å²) >= 11 is 5.80. The van der Waals surface area contributed by atoms with E-state index >= 15 is 0 Å². The number of hydrazine groups is 1. The first-order valence-electron chi connectivity index (χ1n) is 4.85. The second-order valence-electron chi connectivity index (χ2n) is 3.27. The maximum Gasteiger partial charge on any atom is 0.129 e. The average molecular weight is 214 g/mol. The highest BCUT2D eigenvalue weighted by atomic mass is 35.5. The van der Waals surface area contributed by atoms with Gasteiger partial charge in [0.15, 0.2) is 0 Å². The van der Waals surface area contributed by atoms with E-state index in [1.165, 1.54) is 0 Å². The molecule has 0 aliphatic heterocycles. The van der Waals surface area contributed by atoms with Crippen LogP contribution >= 0.6 is 11.6 Å². The smallest absolute Gasteiger partial charge is 0.129 e. The van der Waals surface area contributed by atoms with E-state index in [1.54, 1.807) is 6.20 Å². The highest BCUT2D eigenvalue weighted by molar-refractivity contribution is 6.29. The standard InChI is InChI=1S/C10H16ClN3/c1-2-3-4-9(14-12)8-5-6-13-10(11)7-8/h5-7,9,14H,2-4,12H2,1H3. The molecule has 0 aliphatic carbocycles. The molecule has 0 saturated heterocycles. The molecule has 1 heterocycles. The lowest BCUT2D eigenvalue weighted by Gasteiger charge is -2.15. The van der Waals surface area contributed by atoms with Gasteiger partial charge >= 0.3 is 0 Å². The van der Waals surface area contributed by atoms with E-state index in [0.717, 1.165) is 24.8 Å². The first-order valence-corrected chi connectivity index (χ1v) is 5.23. The molecule has 14 heavy (non-hydrogen) atoms. The Morgan fingerprint density at radius 3 is 3.00 bits per heavy atom. The van der Waals surface area contributed by atoms with Crippen molar-refractivity contribution in [1.82, 2.24) is 10.4 Å². The lowest BCUT2D eigenvalue weighted by atomic mass is 10.0. The van der Waals surface area contributed by atoms with E-state index in [4.69, 9.17) is 17.4 Å². The number of hydrogen-bond acceptors (Lipinski definition) is 3. The quantitative estimate of drug-likeness (QED) is 0.449. The molecule has 4 heteroatoms. The molecule has 3 N–H and O–H groups in total. The zero-order chi connectivity index (χ0) is 10.4. The summed E-state index contributed by atoms with van der Waals surface area (Å²) in [4.78, 5) is 3.93. The third-order valence-electron chi connectivity index (χ3n) is 2.20. The third-order valence-corrected chi connectivity index (χ3v) is 2.41. The summed E-state index contributed by atoms with van der Waals surface area (Å²) in [5, 5.41) is 0.513. The fourth-order valence-corrected chi connectivity index (χ4v) is 1.57. The van der Waals surface area contributed by atoms with Crippen molar-refractivity contribution in [2.75, 3.05) is 0 Å². The van der Waals surface area contributed by atoms with Crippen LogP contribution in [-0.2, 0) is 0 Å². The summed E-state index contributed by atoms with van der Waals surface area (Å²) in [6, 6.07) is 3.96. The molecule has 0 bridgehead atoms. The van der Waals surface area contributed by atoms with Crippen molar-refractivity contribution in [3.63, 3.8) is 0 Å². The zero-order valence-electron chi connectivity index (χ0n) is 8.33. The molecule has 0 aromatic carbocycles. The van der Waals surface area contributed by atoms with Crippen LogP contribution in [0.5, 0.6) is 0 Å². The van der Waals surface area contributed by atoms with E-state index in [9.17, 15) is 0 Å². The van der Waals surface area contributed by atoms with Crippen LogP contribution < -0.4 is 11.3 Å². The number of aromatic nitrogens is 1. The van der Waals surface area contributed by atoms with E-state index in [0.29, 0.717) is 5.15 Å². The van der Waals surface area contributed by atoms with Crippen molar-refractivity contribution in [3.8, 4) is 0 Å². The van der Waals surface area contributed by atoms with Gasteiger partial charge in [-0.05, 0) is 24.1 Å². The monoisotopic (exact) mass is 213 g/mol. The summed E-state index contributed by atoms with van der Waals surface area (Å²) < 4.78 is 0. The van der Waals surface area contributed by atoms with Gasteiger partial charge in [-0.25, -0.2) is 4.98 Å². The Labute approximate surface area is 89.6 Å². The van der Waals surface area contributed by atoms with E-state index in [1.807, 2.05) is 12.1 Å². The number of pyridine rings is 1. The Balaban J connectivity index is 2.68. The number of nitrogens with zero attached hydrogens (tertiary/aromatic N) is 1. The van der Waals surface area contributed by atoms with Gasteiger partial charge in [0.2, 0.25) is 0 Å². The van der Waals surface area contributed by atoms with Crippen LogP contribution in [0.4, 0.5) is 0 Å². The molecule has 78 valence electrons. The lowest BCUT2D eigenvalue weighted by molar-refractivity contribution is 0.495. The number of unbranched alkanes of at least 4 members (excludes halogenated alkanes) is 1. The highest BCUT2D eigenvalue weighted by Gasteiger charge is 2.08. The molecule has 1 aromatic rings. The molecule has 0 radical (unpaired) electrons. The highest BCUT2D eigenvalue weighted by Crippen LogP contribution is 2.19. The largest absolute Gasteiger partial charge is 0.271 e. The van der Waals surface area contributed by atoms with E-state index in [-0.39, 0.29) is 6.04 Å². The molecule has 1 unspecified atom stereocenters. The van der Waals surface area contributed by atoms with Gasteiger partial charge in [-0.3, -0.25) is 11.3 Å². The van der Waals surface area contributed by atoms with Gasteiger partial charge in [-0.1, -0.05) is 31.4 Å². The number of nitrogens with two attached hydrogens (primary N) is 1. The van der Waals surface area contributed by atoms with Gasteiger partial charge < -0.3 is 0 Å². The molecular formula is C10H16ClN3. The maximum absolute atomic E-state index is 5.80. The van der Waals surface area contributed by atoms with Crippen LogP contribution in [0.2, 0.25) is 5.15 Å². The van der Waals surface area contributed by atoms with Crippen molar-refractivity contribution in [2.45, 2.75) is 32.2 Å². The van der Waals surface area contributed by atoms with Crippen LogP contribution in [0.15, 0.2) is 18.3 Å². The van der Waals surface area contributed by atoms with Crippen molar-refractivity contribution in [2.24, 2.45) is 5.84 Å². The molecule has 3 nitrogen and oxygen atoms in total. The minimum atomic E-state index is 0.176. The Bertz CT molecular complexity index is 278. The van der Waals surface area contributed by atoms with Crippen molar-refractivity contribution < 1.29 is 0 Å².